The Morgan fingerprint density at radius 2 is 1.95 bits per heavy atom. The van der Waals surface area contributed by atoms with Crippen LogP contribution >= 0.6 is 0 Å². The molecule has 2 amide bonds. The molecule has 0 heterocycles. The lowest BCUT2D eigenvalue weighted by Crippen LogP contribution is -2.32. The molecule has 1 rings (SSSR count). The van der Waals surface area contributed by atoms with Gasteiger partial charge in [0, 0.05) is 6.54 Å². The molecule has 1 atom stereocenters. The van der Waals surface area contributed by atoms with E-state index in [4.69, 9.17) is 9.94 Å². The highest BCUT2D eigenvalue weighted by atomic mass is 16.6. The molecule has 122 valence electrons. The minimum absolute atomic E-state index is 0.344. The van der Waals surface area contributed by atoms with E-state index in [2.05, 4.69) is 5.32 Å². The van der Waals surface area contributed by atoms with Crippen molar-refractivity contribution in [2.45, 2.75) is 52.7 Å². The van der Waals surface area contributed by atoms with Crippen LogP contribution in [0.2, 0.25) is 0 Å². The normalized spacial score (nSPS) is 12.5. The zero-order valence-electron chi connectivity index (χ0n) is 13.7. The average Bonchev–Trinajstić information content (AvgIpc) is 2.41. The Kier molecular flexibility index (Phi) is 5.93. The molecule has 0 spiro atoms. The molecule has 22 heavy (non-hydrogen) atoms. The van der Waals surface area contributed by atoms with Gasteiger partial charge in [-0.05, 0) is 51.3 Å². The summed E-state index contributed by atoms with van der Waals surface area (Å²) in [5.74, 6) is -0.902. The maximum Gasteiger partial charge on any atom is 0.407 e. The topological polar surface area (TPSA) is 87.7 Å². The molecule has 0 aliphatic rings. The fourth-order valence-electron chi connectivity index (χ4n) is 2.06. The molecule has 1 aromatic carbocycles. The van der Waals surface area contributed by atoms with Crippen molar-refractivity contribution in [3.63, 3.8) is 0 Å². The van der Waals surface area contributed by atoms with Crippen LogP contribution in [-0.4, -0.2) is 22.8 Å². The van der Waals surface area contributed by atoms with E-state index in [0.29, 0.717) is 6.54 Å². The third-order valence-electron chi connectivity index (χ3n) is 3.14. The van der Waals surface area contributed by atoms with E-state index < -0.39 is 23.5 Å². The second-order valence-electron chi connectivity index (χ2n) is 6.24. The van der Waals surface area contributed by atoms with Gasteiger partial charge in [-0.25, -0.2) is 10.3 Å². The van der Waals surface area contributed by atoms with Crippen molar-refractivity contribution in [3.8, 4) is 0 Å². The molecular weight excluding hydrogens is 284 g/mol. The molecule has 0 aliphatic heterocycles. The van der Waals surface area contributed by atoms with Gasteiger partial charge in [-0.1, -0.05) is 18.2 Å². The van der Waals surface area contributed by atoms with Gasteiger partial charge < -0.3 is 10.1 Å². The number of aryl methyl sites for hydroxylation is 1. The fourth-order valence-corrected chi connectivity index (χ4v) is 2.06. The van der Waals surface area contributed by atoms with Gasteiger partial charge in [0.1, 0.15) is 5.60 Å². The van der Waals surface area contributed by atoms with E-state index in [9.17, 15) is 9.59 Å². The maximum absolute atomic E-state index is 11.6. The number of carbonyl (C=O) groups excluding carboxylic acids is 2. The van der Waals surface area contributed by atoms with Crippen molar-refractivity contribution in [1.82, 2.24) is 10.8 Å². The third-order valence-corrected chi connectivity index (χ3v) is 3.14. The first-order valence-electron chi connectivity index (χ1n) is 7.14. The summed E-state index contributed by atoms with van der Waals surface area (Å²) in [4.78, 5) is 23.1. The van der Waals surface area contributed by atoms with Crippen molar-refractivity contribution in [1.29, 1.82) is 0 Å². The molecule has 6 nitrogen and oxygen atoms in total. The molecule has 0 fully saturated rings. The van der Waals surface area contributed by atoms with E-state index in [1.54, 1.807) is 33.2 Å². The van der Waals surface area contributed by atoms with Crippen molar-refractivity contribution < 1.29 is 19.5 Å². The average molecular weight is 308 g/mol. The molecule has 0 saturated heterocycles. The summed E-state index contributed by atoms with van der Waals surface area (Å²) >= 11 is 0. The second-order valence-corrected chi connectivity index (χ2v) is 6.24. The SMILES string of the molecule is Cc1cc(CNC(=O)OC(C)(C)C)ccc1C(C)C(=O)NO. The number of ether oxygens (including phenoxy) is 1. The van der Waals surface area contributed by atoms with Crippen LogP contribution in [-0.2, 0) is 16.1 Å². The first kappa shape index (κ1) is 18.0. The summed E-state index contributed by atoms with van der Waals surface area (Å²) in [6.07, 6.45) is -0.470. The van der Waals surface area contributed by atoms with Crippen LogP contribution in [0.1, 0.15) is 50.3 Å². The Bertz CT molecular complexity index is 550. The number of hydroxylamine groups is 1. The summed E-state index contributed by atoms with van der Waals surface area (Å²) in [6, 6.07) is 5.55. The Labute approximate surface area is 130 Å². The smallest absolute Gasteiger partial charge is 0.407 e. The Balaban J connectivity index is 2.70. The van der Waals surface area contributed by atoms with E-state index in [-0.39, 0.29) is 0 Å². The standard InChI is InChI=1S/C16H24N2O4/c1-10-8-12(9-17-15(20)22-16(3,4)5)6-7-13(10)11(2)14(19)18-21/h6-8,11,21H,9H2,1-5H3,(H,17,20)(H,18,19). The van der Waals surface area contributed by atoms with Crippen molar-refractivity contribution >= 4 is 12.0 Å². The largest absolute Gasteiger partial charge is 0.444 e. The fraction of sp³-hybridized carbons (Fsp3) is 0.500. The number of rotatable bonds is 4. The number of benzene rings is 1. The van der Waals surface area contributed by atoms with E-state index in [1.807, 2.05) is 25.1 Å². The monoisotopic (exact) mass is 308 g/mol. The van der Waals surface area contributed by atoms with Crippen LogP contribution in [0.25, 0.3) is 0 Å². The lowest BCUT2D eigenvalue weighted by molar-refractivity contribution is -0.130. The molecule has 0 saturated carbocycles. The molecule has 1 aromatic rings. The number of hydrogen-bond donors (Lipinski definition) is 3. The van der Waals surface area contributed by atoms with Crippen LogP contribution in [0.4, 0.5) is 4.79 Å². The van der Waals surface area contributed by atoms with E-state index >= 15 is 0 Å². The van der Waals surface area contributed by atoms with Gasteiger partial charge in [-0.3, -0.25) is 10.0 Å². The zero-order valence-corrected chi connectivity index (χ0v) is 13.7. The quantitative estimate of drug-likeness (QED) is 0.589. The van der Waals surface area contributed by atoms with Gasteiger partial charge in [-0.15, -0.1) is 0 Å². The number of amides is 2. The molecular formula is C16H24N2O4. The highest BCUT2D eigenvalue weighted by Crippen LogP contribution is 2.21. The van der Waals surface area contributed by atoms with Gasteiger partial charge >= 0.3 is 6.09 Å². The summed E-state index contributed by atoms with van der Waals surface area (Å²) < 4.78 is 5.17. The van der Waals surface area contributed by atoms with Crippen molar-refractivity contribution in [3.05, 3.63) is 34.9 Å². The van der Waals surface area contributed by atoms with E-state index in [0.717, 1.165) is 16.7 Å². The van der Waals surface area contributed by atoms with Gasteiger partial charge in [0.05, 0.1) is 5.92 Å². The lowest BCUT2D eigenvalue weighted by atomic mass is 9.94. The summed E-state index contributed by atoms with van der Waals surface area (Å²) in [5.41, 5.74) is 3.77. The minimum Gasteiger partial charge on any atom is -0.444 e. The lowest BCUT2D eigenvalue weighted by Gasteiger charge is -2.20. The highest BCUT2D eigenvalue weighted by Gasteiger charge is 2.18. The Morgan fingerprint density at radius 1 is 1.32 bits per heavy atom. The Morgan fingerprint density at radius 3 is 2.45 bits per heavy atom. The molecule has 0 bridgehead atoms. The van der Waals surface area contributed by atoms with Gasteiger partial charge in [0.15, 0.2) is 0 Å². The summed E-state index contributed by atoms with van der Waals surface area (Å²) in [6.45, 7) is 9.36. The molecule has 0 aliphatic carbocycles. The first-order valence-corrected chi connectivity index (χ1v) is 7.14. The van der Waals surface area contributed by atoms with Crippen LogP contribution < -0.4 is 10.8 Å². The molecule has 6 heteroatoms. The van der Waals surface area contributed by atoms with Crippen LogP contribution in [0, 0.1) is 6.92 Å². The predicted octanol–water partition coefficient (Wildman–Crippen LogP) is 2.63. The van der Waals surface area contributed by atoms with Crippen LogP contribution in [0.15, 0.2) is 18.2 Å². The minimum atomic E-state index is -0.531. The van der Waals surface area contributed by atoms with Crippen LogP contribution in [0.5, 0.6) is 0 Å². The maximum atomic E-state index is 11.6. The van der Waals surface area contributed by atoms with E-state index in [1.165, 1.54) is 0 Å². The highest BCUT2D eigenvalue weighted by molar-refractivity contribution is 5.82. The van der Waals surface area contributed by atoms with Gasteiger partial charge in [-0.2, -0.15) is 0 Å². The number of nitrogens with one attached hydrogen (secondary N) is 2. The van der Waals surface area contributed by atoms with Crippen LogP contribution in [0.3, 0.4) is 0 Å². The molecule has 0 aromatic heterocycles. The van der Waals surface area contributed by atoms with Gasteiger partial charge in [0.25, 0.3) is 5.91 Å². The molecule has 3 N–H and O–H groups in total. The number of carbonyl (C=O) groups is 2. The molecule has 1 unspecified atom stereocenters. The predicted molar refractivity (Wildman–Crippen MR) is 82.6 cm³/mol. The second kappa shape index (κ2) is 7.26. The third kappa shape index (κ3) is 5.37. The van der Waals surface area contributed by atoms with Crippen molar-refractivity contribution in [2.75, 3.05) is 0 Å². The number of hydrogen-bond acceptors (Lipinski definition) is 4. The summed E-state index contributed by atoms with van der Waals surface area (Å²) in [5, 5.41) is 11.4. The van der Waals surface area contributed by atoms with Crippen molar-refractivity contribution in [2.24, 2.45) is 0 Å². The first-order chi connectivity index (χ1) is 10.1. The Hall–Kier alpha value is -2.08. The molecule has 0 radical (unpaired) electrons. The zero-order chi connectivity index (χ0) is 16.9. The number of alkyl carbamates (subject to hydrolysis) is 1. The van der Waals surface area contributed by atoms with Gasteiger partial charge in [0.2, 0.25) is 0 Å². The summed E-state index contributed by atoms with van der Waals surface area (Å²) in [7, 11) is 0.